The lowest BCUT2D eigenvalue weighted by Crippen LogP contribution is -2.30. The Balaban J connectivity index is 1.40. The number of likely N-dealkylation sites (tertiary alicyclic amines) is 1. The third-order valence-corrected chi connectivity index (χ3v) is 5.88. The van der Waals surface area contributed by atoms with Crippen LogP contribution in [0.3, 0.4) is 0 Å². The van der Waals surface area contributed by atoms with E-state index < -0.39 is 6.10 Å². The van der Waals surface area contributed by atoms with Gasteiger partial charge in [0.1, 0.15) is 0 Å². The van der Waals surface area contributed by atoms with Crippen molar-refractivity contribution in [3.05, 3.63) is 72.1 Å². The molecule has 6 nitrogen and oxygen atoms in total. The molecule has 146 valence electrons. The second-order valence-electron chi connectivity index (χ2n) is 7.72. The first-order valence-electron chi connectivity index (χ1n) is 9.83. The maximum atomic E-state index is 13.2. The molecule has 2 aromatic carbocycles. The summed E-state index contributed by atoms with van der Waals surface area (Å²) in [5.74, 6) is -0.136. The largest absolute Gasteiger partial charge is 0.391 e. The maximum Gasteiger partial charge on any atom is 0.275 e. The van der Waals surface area contributed by atoms with Gasteiger partial charge >= 0.3 is 0 Å². The van der Waals surface area contributed by atoms with E-state index in [0.717, 1.165) is 27.4 Å². The first-order chi connectivity index (χ1) is 14.1. The monoisotopic (exact) mass is 386 g/mol. The molecular weight excluding hydrogens is 364 g/mol. The summed E-state index contributed by atoms with van der Waals surface area (Å²) in [5, 5.41) is 17.1. The molecule has 0 spiro atoms. The number of benzene rings is 2. The van der Waals surface area contributed by atoms with Crippen LogP contribution in [0.15, 0.2) is 60.8 Å². The number of carbonyl (C=O) groups excluding carboxylic acids is 1. The number of aliphatic hydroxyl groups is 1. The summed E-state index contributed by atoms with van der Waals surface area (Å²) < 4.78 is 1.73. The number of nitrogens with zero attached hydrogens (tertiary/aromatic N) is 4. The number of fused-ring (bicyclic) bond motifs is 2. The van der Waals surface area contributed by atoms with Crippen LogP contribution in [0.4, 0.5) is 0 Å². The minimum absolute atomic E-state index is 0.0141. The van der Waals surface area contributed by atoms with Crippen LogP contribution in [0.5, 0.6) is 0 Å². The Morgan fingerprint density at radius 3 is 2.69 bits per heavy atom. The molecule has 0 bridgehead atoms. The number of carbonyl (C=O) groups is 1. The number of aryl methyl sites for hydroxylation is 1. The molecule has 1 fully saturated rings. The molecule has 1 amide bonds. The Hall–Kier alpha value is -3.25. The van der Waals surface area contributed by atoms with E-state index in [-0.39, 0.29) is 11.8 Å². The topological polar surface area (TPSA) is 71.2 Å². The second-order valence-corrected chi connectivity index (χ2v) is 7.72. The standard InChI is InChI=1S/C23H22N4O2/c1-26-20-9-5-3-7-18(20)22(25-26)23(29)27-13-16(21(28)14-27)12-15-10-11-24-19-8-4-2-6-17(15)19/h2-11,16,21,28H,12-14H2,1H3/t16-,21-/m1/s1. The van der Waals surface area contributed by atoms with Gasteiger partial charge in [0.05, 0.1) is 17.1 Å². The quantitative estimate of drug-likeness (QED) is 0.588. The summed E-state index contributed by atoms with van der Waals surface area (Å²) in [6.45, 7) is 0.846. The molecule has 5 rings (SSSR count). The fourth-order valence-corrected chi connectivity index (χ4v) is 4.36. The van der Waals surface area contributed by atoms with Gasteiger partial charge in [-0.3, -0.25) is 14.5 Å². The van der Waals surface area contributed by atoms with Crippen LogP contribution in [-0.4, -0.2) is 49.9 Å². The number of β-amino-alcohol motifs (C(OH)–C–C–N with tert-alkyl or cyclic N) is 1. The van der Waals surface area contributed by atoms with E-state index in [1.54, 1.807) is 9.58 Å². The van der Waals surface area contributed by atoms with Gasteiger partial charge in [0.25, 0.3) is 5.91 Å². The van der Waals surface area contributed by atoms with E-state index in [0.29, 0.717) is 25.2 Å². The molecule has 0 aliphatic carbocycles. The Bertz CT molecular complexity index is 1210. The number of aliphatic hydroxyl groups excluding tert-OH is 1. The van der Waals surface area contributed by atoms with E-state index in [4.69, 9.17) is 0 Å². The molecule has 1 aliphatic rings. The Kier molecular flexibility index (Phi) is 4.28. The second kappa shape index (κ2) is 6.97. The molecule has 2 atom stereocenters. The number of para-hydroxylation sites is 2. The Morgan fingerprint density at radius 2 is 1.83 bits per heavy atom. The highest BCUT2D eigenvalue weighted by Crippen LogP contribution is 2.27. The van der Waals surface area contributed by atoms with Gasteiger partial charge in [0.15, 0.2) is 5.69 Å². The van der Waals surface area contributed by atoms with Crippen LogP contribution in [-0.2, 0) is 13.5 Å². The van der Waals surface area contributed by atoms with Crippen LogP contribution in [0, 0.1) is 5.92 Å². The van der Waals surface area contributed by atoms with Gasteiger partial charge in [-0.1, -0.05) is 36.4 Å². The zero-order valence-corrected chi connectivity index (χ0v) is 16.2. The summed E-state index contributed by atoms with van der Waals surface area (Å²) in [5.41, 5.74) is 3.48. The van der Waals surface area contributed by atoms with Crippen molar-refractivity contribution in [2.24, 2.45) is 13.0 Å². The smallest absolute Gasteiger partial charge is 0.275 e. The number of hydrogen-bond acceptors (Lipinski definition) is 4. The Morgan fingerprint density at radius 1 is 1.07 bits per heavy atom. The average Bonchev–Trinajstić information content (AvgIpc) is 3.28. The zero-order chi connectivity index (χ0) is 20.0. The summed E-state index contributed by atoms with van der Waals surface area (Å²) in [6, 6.07) is 17.8. The molecule has 3 heterocycles. The van der Waals surface area contributed by atoms with Gasteiger partial charge in [-0.25, -0.2) is 0 Å². The highest BCUT2D eigenvalue weighted by molar-refractivity contribution is 6.05. The molecule has 0 saturated carbocycles. The van der Waals surface area contributed by atoms with Crippen molar-refractivity contribution in [1.82, 2.24) is 19.7 Å². The predicted octanol–water partition coefficient (Wildman–Crippen LogP) is 2.80. The van der Waals surface area contributed by atoms with Gasteiger partial charge in [-0.15, -0.1) is 0 Å². The lowest BCUT2D eigenvalue weighted by atomic mass is 9.94. The molecule has 2 aromatic heterocycles. The van der Waals surface area contributed by atoms with Crippen LogP contribution < -0.4 is 0 Å². The van der Waals surface area contributed by atoms with E-state index in [2.05, 4.69) is 16.1 Å². The zero-order valence-electron chi connectivity index (χ0n) is 16.2. The number of aromatic nitrogens is 3. The molecule has 4 aromatic rings. The summed E-state index contributed by atoms with van der Waals surface area (Å²) >= 11 is 0. The molecule has 0 radical (unpaired) electrons. The predicted molar refractivity (Wildman–Crippen MR) is 112 cm³/mol. The number of rotatable bonds is 3. The van der Waals surface area contributed by atoms with Gasteiger partial charge in [0, 0.05) is 43.0 Å². The van der Waals surface area contributed by atoms with E-state index in [1.807, 2.05) is 61.8 Å². The third kappa shape index (κ3) is 3.06. The number of hydrogen-bond donors (Lipinski definition) is 1. The number of amides is 1. The minimum Gasteiger partial charge on any atom is -0.391 e. The highest BCUT2D eigenvalue weighted by atomic mass is 16.3. The van der Waals surface area contributed by atoms with E-state index in [1.165, 1.54) is 0 Å². The fraction of sp³-hybridized carbons (Fsp3) is 0.261. The van der Waals surface area contributed by atoms with Gasteiger partial charge in [0.2, 0.25) is 0 Å². The first-order valence-corrected chi connectivity index (χ1v) is 9.83. The first kappa shape index (κ1) is 17.8. The fourth-order valence-electron chi connectivity index (χ4n) is 4.36. The summed E-state index contributed by atoms with van der Waals surface area (Å²) in [6.07, 6.45) is 1.96. The molecule has 1 saturated heterocycles. The van der Waals surface area contributed by atoms with Crippen molar-refractivity contribution in [3.63, 3.8) is 0 Å². The van der Waals surface area contributed by atoms with Crippen molar-refractivity contribution < 1.29 is 9.90 Å². The molecular formula is C23H22N4O2. The SMILES string of the molecule is Cn1nc(C(=O)N2C[C@@H](Cc3ccnc4ccccc34)[C@H](O)C2)c2ccccc21. The van der Waals surface area contributed by atoms with E-state index in [9.17, 15) is 9.90 Å². The molecule has 0 unspecified atom stereocenters. The highest BCUT2D eigenvalue weighted by Gasteiger charge is 2.36. The van der Waals surface area contributed by atoms with Crippen LogP contribution in [0.25, 0.3) is 21.8 Å². The maximum absolute atomic E-state index is 13.2. The van der Waals surface area contributed by atoms with Crippen molar-refractivity contribution >= 4 is 27.7 Å². The van der Waals surface area contributed by atoms with Crippen molar-refractivity contribution in [1.29, 1.82) is 0 Å². The normalized spacial score (nSPS) is 19.3. The molecule has 1 aliphatic heterocycles. The third-order valence-electron chi connectivity index (χ3n) is 5.88. The lowest BCUT2D eigenvalue weighted by molar-refractivity contribution is 0.0760. The molecule has 6 heteroatoms. The summed E-state index contributed by atoms with van der Waals surface area (Å²) in [4.78, 5) is 19.3. The minimum atomic E-state index is -0.555. The molecule has 1 N–H and O–H groups in total. The molecule has 29 heavy (non-hydrogen) atoms. The average molecular weight is 386 g/mol. The van der Waals surface area contributed by atoms with Crippen LogP contribution in [0.2, 0.25) is 0 Å². The van der Waals surface area contributed by atoms with Crippen molar-refractivity contribution in [3.8, 4) is 0 Å². The van der Waals surface area contributed by atoms with Gasteiger partial charge in [-0.2, -0.15) is 5.10 Å². The van der Waals surface area contributed by atoms with Crippen LogP contribution >= 0.6 is 0 Å². The van der Waals surface area contributed by atoms with Gasteiger partial charge < -0.3 is 10.0 Å². The van der Waals surface area contributed by atoms with Crippen LogP contribution in [0.1, 0.15) is 16.1 Å². The van der Waals surface area contributed by atoms with E-state index >= 15 is 0 Å². The number of pyridine rings is 1. The van der Waals surface area contributed by atoms with Crippen molar-refractivity contribution in [2.75, 3.05) is 13.1 Å². The van der Waals surface area contributed by atoms with Gasteiger partial charge in [-0.05, 0) is 30.2 Å². The summed E-state index contributed by atoms with van der Waals surface area (Å²) in [7, 11) is 1.84. The lowest BCUT2D eigenvalue weighted by Gasteiger charge is -2.16. The van der Waals surface area contributed by atoms with Crippen molar-refractivity contribution in [2.45, 2.75) is 12.5 Å². The Labute approximate surface area is 168 Å².